The quantitative estimate of drug-likeness (QED) is 0.900. The van der Waals surface area contributed by atoms with E-state index in [1.165, 1.54) is 26.2 Å². The van der Waals surface area contributed by atoms with Crippen LogP contribution in [0.2, 0.25) is 0 Å². The van der Waals surface area contributed by atoms with Crippen molar-refractivity contribution in [3.8, 4) is 0 Å². The number of alkyl halides is 3. The monoisotopic (exact) mass is 358 g/mol. The van der Waals surface area contributed by atoms with E-state index in [0.29, 0.717) is 5.56 Å². The average Bonchev–Trinajstić information content (AvgIpc) is 2.53. The van der Waals surface area contributed by atoms with Gasteiger partial charge in [0.1, 0.15) is 6.04 Å². The van der Waals surface area contributed by atoms with Crippen molar-refractivity contribution in [2.75, 3.05) is 13.7 Å². The highest BCUT2D eigenvalue weighted by Gasteiger charge is 2.48. The summed E-state index contributed by atoms with van der Waals surface area (Å²) in [5.41, 5.74) is 0.875. The molecule has 8 heteroatoms. The van der Waals surface area contributed by atoms with E-state index < -0.39 is 24.2 Å². The Morgan fingerprint density at radius 3 is 2.64 bits per heavy atom. The normalized spacial score (nSPS) is 21.1. The third kappa shape index (κ3) is 4.94. The molecule has 0 saturated carbocycles. The predicted octanol–water partition coefficient (Wildman–Crippen LogP) is 2.50. The molecule has 1 aliphatic heterocycles. The Hall–Kier alpha value is -2.09. The Labute approximate surface area is 144 Å². The molecule has 0 radical (unpaired) electrons. The molecule has 0 aliphatic carbocycles. The van der Waals surface area contributed by atoms with Crippen molar-refractivity contribution in [3.05, 3.63) is 35.4 Å². The zero-order chi connectivity index (χ0) is 18.6. The van der Waals surface area contributed by atoms with Gasteiger partial charge in [-0.15, -0.1) is 0 Å². The summed E-state index contributed by atoms with van der Waals surface area (Å²) in [7, 11) is 1.50. The molecule has 1 aromatic rings. The number of rotatable bonds is 4. The van der Waals surface area contributed by atoms with Gasteiger partial charge in [0.05, 0.1) is 6.61 Å². The molecule has 0 spiro atoms. The largest absolute Gasteiger partial charge is 0.408 e. The lowest BCUT2D eigenvalue weighted by Gasteiger charge is -2.40. The molecule has 1 fully saturated rings. The lowest BCUT2D eigenvalue weighted by Crippen LogP contribution is -2.58. The molecule has 1 N–H and O–H groups in total. The van der Waals surface area contributed by atoms with E-state index in [4.69, 9.17) is 4.74 Å². The van der Waals surface area contributed by atoms with E-state index in [0.717, 1.165) is 4.90 Å². The Balaban J connectivity index is 2.26. The molecular weight excluding hydrogens is 337 g/mol. The van der Waals surface area contributed by atoms with E-state index >= 15 is 0 Å². The summed E-state index contributed by atoms with van der Waals surface area (Å²) in [6.45, 7) is 1.39. The maximum atomic E-state index is 13.4. The Morgan fingerprint density at radius 2 is 2.04 bits per heavy atom. The molecule has 1 aliphatic rings. The zero-order valence-electron chi connectivity index (χ0n) is 14.1. The Kier molecular flexibility index (Phi) is 6.05. The lowest BCUT2D eigenvalue weighted by atomic mass is 9.96. The van der Waals surface area contributed by atoms with Crippen molar-refractivity contribution in [3.63, 3.8) is 0 Å². The number of piperidine rings is 1. The van der Waals surface area contributed by atoms with E-state index in [9.17, 15) is 22.8 Å². The van der Waals surface area contributed by atoms with Gasteiger partial charge >= 0.3 is 6.18 Å². The average molecular weight is 358 g/mol. The SMILES string of the molecule is COCc1cccc(C(=O)N2C[C@H](NC(C)=O)CC[C@@H]2C(F)(F)F)c1. The molecule has 0 aromatic heterocycles. The molecule has 0 bridgehead atoms. The van der Waals surface area contributed by atoms with Gasteiger partial charge in [0, 0.05) is 32.2 Å². The number of carbonyl (C=O) groups is 2. The number of methoxy groups -OCH3 is 1. The third-order valence-corrected chi connectivity index (χ3v) is 4.11. The molecule has 5 nitrogen and oxygen atoms in total. The van der Waals surface area contributed by atoms with Crippen LogP contribution in [0.3, 0.4) is 0 Å². The highest BCUT2D eigenvalue weighted by Crippen LogP contribution is 2.33. The summed E-state index contributed by atoms with van der Waals surface area (Å²) in [6, 6.07) is 4.02. The second-order valence-electron chi connectivity index (χ2n) is 6.12. The first-order valence-corrected chi connectivity index (χ1v) is 7.95. The maximum absolute atomic E-state index is 13.4. The first kappa shape index (κ1) is 19.2. The molecule has 25 heavy (non-hydrogen) atoms. The molecule has 2 rings (SSSR count). The number of amides is 2. The standard InChI is InChI=1S/C17H21F3N2O3/c1-11(23)21-14-6-7-15(17(18,19)20)22(9-14)16(24)13-5-3-4-12(8-13)10-25-2/h3-5,8,14-15H,6-7,9-10H2,1-2H3,(H,21,23)/t14-,15-/m1/s1. The smallest absolute Gasteiger partial charge is 0.380 e. The molecule has 138 valence electrons. The van der Waals surface area contributed by atoms with Crippen LogP contribution in [0.15, 0.2) is 24.3 Å². The second kappa shape index (κ2) is 7.86. The molecule has 1 saturated heterocycles. The minimum absolute atomic E-state index is 0.170. The van der Waals surface area contributed by atoms with Crippen LogP contribution >= 0.6 is 0 Å². The van der Waals surface area contributed by atoms with Gasteiger partial charge in [0.25, 0.3) is 5.91 Å². The Morgan fingerprint density at radius 1 is 1.32 bits per heavy atom. The first-order chi connectivity index (χ1) is 11.7. The molecule has 1 heterocycles. The van der Waals surface area contributed by atoms with Gasteiger partial charge in [-0.3, -0.25) is 9.59 Å². The van der Waals surface area contributed by atoms with Crippen LogP contribution in [0.4, 0.5) is 13.2 Å². The van der Waals surface area contributed by atoms with E-state index in [2.05, 4.69) is 5.32 Å². The van der Waals surface area contributed by atoms with E-state index in [-0.39, 0.29) is 37.5 Å². The van der Waals surface area contributed by atoms with Crippen LogP contribution in [0.1, 0.15) is 35.7 Å². The highest BCUT2D eigenvalue weighted by atomic mass is 19.4. The number of benzene rings is 1. The topological polar surface area (TPSA) is 58.6 Å². The van der Waals surface area contributed by atoms with Crippen molar-refractivity contribution in [1.29, 1.82) is 0 Å². The zero-order valence-corrected chi connectivity index (χ0v) is 14.1. The minimum atomic E-state index is -4.51. The summed E-state index contributed by atoms with van der Waals surface area (Å²) in [5, 5.41) is 2.60. The molecule has 1 aromatic carbocycles. The van der Waals surface area contributed by atoms with Crippen molar-refractivity contribution in [2.45, 2.75) is 44.6 Å². The third-order valence-electron chi connectivity index (χ3n) is 4.11. The number of ether oxygens (including phenoxy) is 1. The number of nitrogens with zero attached hydrogens (tertiary/aromatic N) is 1. The first-order valence-electron chi connectivity index (χ1n) is 7.95. The number of hydrogen-bond acceptors (Lipinski definition) is 3. The van der Waals surface area contributed by atoms with Crippen molar-refractivity contribution < 1.29 is 27.5 Å². The summed E-state index contributed by atoms with van der Waals surface area (Å²) < 4.78 is 45.1. The fourth-order valence-corrected chi connectivity index (χ4v) is 3.07. The fraction of sp³-hybridized carbons (Fsp3) is 0.529. The van der Waals surface area contributed by atoms with Crippen LogP contribution < -0.4 is 5.32 Å². The highest BCUT2D eigenvalue weighted by molar-refractivity contribution is 5.94. The Bertz CT molecular complexity index is 634. The van der Waals surface area contributed by atoms with Gasteiger partial charge in [0.15, 0.2) is 0 Å². The fourth-order valence-electron chi connectivity index (χ4n) is 3.07. The summed E-state index contributed by atoms with van der Waals surface area (Å²) in [4.78, 5) is 24.7. The minimum Gasteiger partial charge on any atom is -0.380 e. The van der Waals surface area contributed by atoms with Crippen LogP contribution in [-0.2, 0) is 16.1 Å². The van der Waals surface area contributed by atoms with Gasteiger partial charge in [-0.2, -0.15) is 13.2 Å². The van der Waals surface area contributed by atoms with Crippen molar-refractivity contribution in [2.24, 2.45) is 0 Å². The number of likely N-dealkylation sites (tertiary alicyclic amines) is 1. The molecule has 2 atom stereocenters. The van der Waals surface area contributed by atoms with Crippen LogP contribution in [0, 0.1) is 0 Å². The van der Waals surface area contributed by atoms with Gasteiger partial charge < -0.3 is 15.0 Å². The lowest BCUT2D eigenvalue weighted by molar-refractivity contribution is -0.184. The van der Waals surface area contributed by atoms with Crippen molar-refractivity contribution in [1.82, 2.24) is 10.2 Å². The number of halogens is 3. The second-order valence-corrected chi connectivity index (χ2v) is 6.12. The van der Waals surface area contributed by atoms with E-state index in [1.807, 2.05) is 0 Å². The number of nitrogens with one attached hydrogen (secondary N) is 1. The summed E-state index contributed by atoms with van der Waals surface area (Å²) in [6.07, 6.45) is -4.57. The summed E-state index contributed by atoms with van der Waals surface area (Å²) >= 11 is 0. The molecule has 2 amide bonds. The van der Waals surface area contributed by atoms with Crippen molar-refractivity contribution >= 4 is 11.8 Å². The van der Waals surface area contributed by atoms with Gasteiger partial charge in [0.2, 0.25) is 5.91 Å². The van der Waals surface area contributed by atoms with E-state index in [1.54, 1.807) is 12.1 Å². The van der Waals surface area contributed by atoms with Gasteiger partial charge in [-0.25, -0.2) is 0 Å². The van der Waals surface area contributed by atoms with Crippen LogP contribution in [0.25, 0.3) is 0 Å². The van der Waals surface area contributed by atoms with Crippen LogP contribution in [-0.4, -0.2) is 48.6 Å². The maximum Gasteiger partial charge on any atom is 0.408 e. The number of hydrogen-bond donors (Lipinski definition) is 1. The number of carbonyl (C=O) groups excluding carboxylic acids is 2. The van der Waals surface area contributed by atoms with Gasteiger partial charge in [-0.05, 0) is 30.5 Å². The molecular formula is C17H21F3N2O3. The predicted molar refractivity (Wildman–Crippen MR) is 84.9 cm³/mol. The van der Waals surface area contributed by atoms with Crippen LogP contribution in [0.5, 0.6) is 0 Å². The van der Waals surface area contributed by atoms with Gasteiger partial charge in [-0.1, -0.05) is 12.1 Å². The molecule has 0 unspecified atom stereocenters. The summed E-state index contributed by atoms with van der Waals surface area (Å²) in [5.74, 6) is -1.03.